The molecule has 1 saturated heterocycles. The Kier molecular flexibility index (Phi) is 2.90. The van der Waals surface area contributed by atoms with Gasteiger partial charge in [0.2, 0.25) is 0 Å². The van der Waals surface area contributed by atoms with Crippen LogP contribution in [0.1, 0.15) is 13.3 Å². The molecule has 2 heteroatoms. The number of nitrogens with zero attached hydrogens (tertiary/aromatic N) is 2. The Bertz CT molecular complexity index is 123. The zero-order chi connectivity index (χ0) is 8.43. The molecule has 2 nitrogen and oxygen atoms in total. The summed E-state index contributed by atoms with van der Waals surface area (Å²) in [5.41, 5.74) is 0. The molecular formula is C9H20N2. The molecule has 0 N–H and O–H groups in total. The fraction of sp³-hybridized carbons (Fsp3) is 1.00. The molecular weight excluding hydrogens is 136 g/mol. The monoisotopic (exact) mass is 156 g/mol. The van der Waals surface area contributed by atoms with Gasteiger partial charge in [0.25, 0.3) is 0 Å². The van der Waals surface area contributed by atoms with Crippen LogP contribution >= 0.6 is 0 Å². The molecule has 2 atom stereocenters. The number of hydrogen-bond acceptors (Lipinski definition) is 2. The van der Waals surface area contributed by atoms with E-state index >= 15 is 0 Å². The molecule has 1 aliphatic rings. The summed E-state index contributed by atoms with van der Waals surface area (Å²) in [6, 6.07) is 0.797. The van der Waals surface area contributed by atoms with E-state index in [9.17, 15) is 0 Å². The lowest BCUT2D eigenvalue weighted by Crippen LogP contribution is -2.46. The zero-order valence-corrected chi connectivity index (χ0v) is 8.17. The first-order chi connectivity index (χ1) is 5.11. The quantitative estimate of drug-likeness (QED) is 0.556. The number of likely N-dealkylation sites (tertiary alicyclic amines) is 1. The Morgan fingerprint density at radius 2 is 2.00 bits per heavy atom. The summed E-state index contributed by atoms with van der Waals surface area (Å²) in [4.78, 5) is 4.78. The lowest BCUT2D eigenvalue weighted by Gasteiger charge is -2.38. The van der Waals surface area contributed by atoms with E-state index in [-0.39, 0.29) is 0 Å². The van der Waals surface area contributed by atoms with E-state index in [1.807, 2.05) is 0 Å². The van der Waals surface area contributed by atoms with Crippen molar-refractivity contribution in [3.8, 4) is 0 Å². The van der Waals surface area contributed by atoms with Crippen molar-refractivity contribution in [2.24, 2.45) is 5.92 Å². The van der Waals surface area contributed by atoms with Crippen LogP contribution in [-0.2, 0) is 0 Å². The van der Waals surface area contributed by atoms with E-state index < -0.39 is 0 Å². The van der Waals surface area contributed by atoms with Crippen LogP contribution < -0.4 is 0 Å². The second-order valence-corrected chi connectivity index (χ2v) is 4.06. The Morgan fingerprint density at radius 1 is 1.36 bits per heavy atom. The van der Waals surface area contributed by atoms with Crippen LogP contribution in [0.25, 0.3) is 0 Å². The van der Waals surface area contributed by atoms with E-state index in [2.05, 4.69) is 37.9 Å². The highest BCUT2D eigenvalue weighted by molar-refractivity contribution is 4.80. The lowest BCUT2D eigenvalue weighted by molar-refractivity contribution is 0.111. The summed E-state index contributed by atoms with van der Waals surface area (Å²) in [6.45, 7) is 4.86. The average molecular weight is 156 g/mol. The molecule has 1 aliphatic heterocycles. The second kappa shape index (κ2) is 3.55. The third-order valence-electron chi connectivity index (χ3n) is 2.73. The van der Waals surface area contributed by atoms with E-state index in [1.165, 1.54) is 19.5 Å². The Morgan fingerprint density at radius 3 is 2.45 bits per heavy atom. The van der Waals surface area contributed by atoms with Crippen molar-refractivity contribution in [1.82, 2.24) is 9.80 Å². The summed E-state index contributed by atoms with van der Waals surface area (Å²) in [6.07, 6.45) is 1.32. The first-order valence-electron chi connectivity index (χ1n) is 4.46. The third-order valence-corrected chi connectivity index (χ3v) is 2.73. The standard InChI is InChI=1S/C9H20N2/c1-8-7-11(4)6-5-9(8)10(2)3/h8-9H,5-7H2,1-4H3. The molecule has 0 aromatic carbocycles. The van der Waals surface area contributed by atoms with Gasteiger partial charge in [-0.15, -0.1) is 0 Å². The lowest BCUT2D eigenvalue weighted by atomic mass is 9.93. The van der Waals surface area contributed by atoms with Gasteiger partial charge in [-0.3, -0.25) is 0 Å². The number of piperidine rings is 1. The minimum atomic E-state index is 0.797. The molecule has 0 aromatic rings. The molecule has 0 bridgehead atoms. The minimum absolute atomic E-state index is 0.797. The van der Waals surface area contributed by atoms with E-state index in [1.54, 1.807) is 0 Å². The zero-order valence-electron chi connectivity index (χ0n) is 8.17. The maximum absolute atomic E-state index is 2.42. The van der Waals surface area contributed by atoms with Crippen molar-refractivity contribution < 1.29 is 0 Å². The highest BCUT2D eigenvalue weighted by atomic mass is 15.2. The fourth-order valence-corrected chi connectivity index (χ4v) is 2.11. The Balaban J connectivity index is 2.44. The minimum Gasteiger partial charge on any atom is -0.306 e. The van der Waals surface area contributed by atoms with Gasteiger partial charge in [-0.25, -0.2) is 0 Å². The molecule has 0 saturated carbocycles. The molecule has 2 unspecified atom stereocenters. The van der Waals surface area contributed by atoms with Crippen molar-refractivity contribution in [3.63, 3.8) is 0 Å². The van der Waals surface area contributed by atoms with Gasteiger partial charge in [-0.05, 0) is 40.0 Å². The number of hydrogen-bond donors (Lipinski definition) is 0. The summed E-state index contributed by atoms with van der Waals surface area (Å²) >= 11 is 0. The summed E-state index contributed by atoms with van der Waals surface area (Å²) in [5.74, 6) is 0.823. The van der Waals surface area contributed by atoms with E-state index in [4.69, 9.17) is 0 Å². The summed E-state index contributed by atoms with van der Waals surface area (Å²) in [5, 5.41) is 0. The van der Waals surface area contributed by atoms with Gasteiger partial charge in [0.05, 0.1) is 0 Å². The molecule has 66 valence electrons. The smallest absolute Gasteiger partial charge is 0.0139 e. The van der Waals surface area contributed by atoms with Crippen LogP contribution in [-0.4, -0.2) is 50.1 Å². The van der Waals surface area contributed by atoms with Crippen LogP contribution in [0.5, 0.6) is 0 Å². The van der Waals surface area contributed by atoms with Crippen LogP contribution in [0.15, 0.2) is 0 Å². The molecule has 11 heavy (non-hydrogen) atoms. The van der Waals surface area contributed by atoms with Crippen molar-refractivity contribution in [2.45, 2.75) is 19.4 Å². The highest BCUT2D eigenvalue weighted by Crippen LogP contribution is 2.18. The van der Waals surface area contributed by atoms with Gasteiger partial charge < -0.3 is 9.80 Å². The van der Waals surface area contributed by atoms with Gasteiger partial charge in [0, 0.05) is 12.6 Å². The molecule has 0 spiro atoms. The molecule has 1 rings (SSSR count). The van der Waals surface area contributed by atoms with Gasteiger partial charge >= 0.3 is 0 Å². The topological polar surface area (TPSA) is 6.48 Å². The predicted molar refractivity (Wildman–Crippen MR) is 48.8 cm³/mol. The Labute approximate surface area is 70.2 Å². The highest BCUT2D eigenvalue weighted by Gasteiger charge is 2.25. The van der Waals surface area contributed by atoms with E-state index in [0.717, 1.165) is 12.0 Å². The molecule has 1 heterocycles. The van der Waals surface area contributed by atoms with E-state index in [0.29, 0.717) is 0 Å². The third kappa shape index (κ3) is 2.17. The maximum Gasteiger partial charge on any atom is 0.0139 e. The first-order valence-corrected chi connectivity index (χ1v) is 4.46. The SMILES string of the molecule is CC1CN(C)CCC1N(C)C. The largest absolute Gasteiger partial charge is 0.306 e. The van der Waals surface area contributed by atoms with Gasteiger partial charge in [-0.1, -0.05) is 6.92 Å². The van der Waals surface area contributed by atoms with Crippen LogP contribution in [0.4, 0.5) is 0 Å². The van der Waals surface area contributed by atoms with Crippen molar-refractivity contribution in [2.75, 3.05) is 34.2 Å². The maximum atomic E-state index is 2.42. The first kappa shape index (κ1) is 9.01. The van der Waals surface area contributed by atoms with Gasteiger partial charge in [-0.2, -0.15) is 0 Å². The van der Waals surface area contributed by atoms with Crippen LogP contribution in [0.2, 0.25) is 0 Å². The van der Waals surface area contributed by atoms with Crippen molar-refractivity contribution in [3.05, 3.63) is 0 Å². The normalized spacial score (nSPS) is 34.6. The molecule has 1 fully saturated rings. The summed E-state index contributed by atoms with van der Waals surface area (Å²) in [7, 11) is 6.58. The van der Waals surface area contributed by atoms with Crippen molar-refractivity contribution in [1.29, 1.82) is 0 Å². The second-order valence-electron chi connectivity index (χ2n) is 4.06. The van der Waals surface area contributed by atoms with Gasteiger partial charge in [0.15, 0.2) is 0 Å². The van der Waals surface area contributed by atoms with Crippen LogP contribution in [0.3, 0.4) is 0 Å². The fourth-order valence-electron chi connectivity index (χ4n) is 2.11. The van der Waals surface area contributed by atoms with Crippen molar-refractivity contribution >= 4 is 0 Å². The van der Waals surface area contributed by atoms with Gasteiger partial charge in [0.1, 0.15) is 0 Å². The molecule has 0 amide bonds. The molecule has 0 aliphatic carbocycles. The molecule has 0 aromatic heterocycles. The predicted octanol–water partition coefficient (Wildman–Crippen LogP) is 0.888. The number of rotatable bonds is 1. The Hall–Kier alpha value is -0.0800. The van der Waals surface area contributed by atoms with Crippen LogP contribution in [0, 0.1) is 5.92 Å². The molecule has 0 radical (unpaired) electrons. The summed E-state index contributed by atoms with van der Waals surface area (Å²) < 4.78 is 0. The average Bonchev–Trinajstić information content (AvgIpc) is 1.85.